The van der Waals surface area contributed by atoms with E-state index in [9.17, 15) is 0 Å². The largest absolute Gasteiger partial charge is 0.486 e. The minimum atomic E-state index is 0.601. The summed E-state index contributed by atoms with van der Waals surface area (Å²) in [7, 11) is 1.70. The molecule has 1 N–H and O–H groups in total. The maximum atomic E-state index is 5.58. The molecule has 1 aliphatic rings. The Morgan fingerprint density at radius 2 is 2.21 bits per heavy atom. The van der Waals surface area contributed by atoms with Gasteiger partial charge in [-0.25, -0.2) is 0 Å². The topological polar surface area (TPSA) is 39.7 Å². The lowest BCUT2D eigenvalue weighted by atomic mass is 10.2. The highest BCUT2D eigenvalue weighted by atomic mass is 79.9. The Hall–Kier alpha value is -1.04. The summed E-state index contributed by atoms with van der Waals surface area (Å²) in [5.74, 6) is 1.59. The fourth-order valence-corrected chi connectivity index (χ4v) is 2.36. The van der Waals surface area contributed by atoms with Gasteiger partial charge in [0.15, 0.2) is 11.5 Å². The Bertz CT molecular complexity index is 449. The number of rotatable bonds is 6. The molecule has 19 heavy (non-hydrogen) atoms. The highest BCUT2D eigenvalue weighted by Gasteiger charge is 2.15. The fraction of sp³-hybridized carbons (Fsp3) is 0.429. The number of hydrogen-bond acceptors (Lipinski definition) is 4. The van der Waals surface area contributed by atoms with Crippen LogP contribution in [0.2, 0.25) is 0 Å². The summed E-state index contributed by atoms with van der Waals surface area (Å²) in [4.78, 5) is 0. The molecule has 1 aliphatic heterocycles. The quantitative estimate of drug-likeness (QED) is 0.815. The van der Waals surface area contributed by atoms with E-state index >= 15 is 0 Å². The summed E-state index contributed by atoms with van der Waals surface area (Å²) >= 11 is 3.50. The summed E-state index contributed by atoms with van der Waals surface area (Å²) in [5.41, 5.74) is 1.09. The van der Waals surface area contributed by atoms with Crippen LogP contribution in [0.4, 0.5) is 0 Å². The SMILES string of the molecule is COCCNCC=Cc1cc(Br)c2c(c1)OCCO2. The van der Waals surface area contributed by atoms with Gasteiger partial charge in [0.25, 0.3) is 0 Å². The van der Waals surface area contributed by atoms with Gasteiger partial charge in [-0.1, -0.05) is 12.2 Å². The van der Waals surface area contributed by atoms with Crippen molar-refractivity contribution in [2.45, 2.75) is 0 Å². The third kappa shape index (κ3) is 4.23. The fourth-order valence-electron chi connectivity index (χ4n) is 1.78. The van der Waals surface area contributed by atoms with Crippen molar-refractivity contribution in [3.63, 3.8) is 0 Å². The van der Waals surface area contributed by atoms with Gasteiger partial charge in [0, 0.05) is 20.2 Å². The second-order valence-electron chi connectivity index (χ2n) is 4.13. The van der Waals surface area contributed by atoms with Crippen LogP contribution in [0.15, 0.2) is 22.7 Å². The van der Waals surface area contributed by atoms with Crippen molar-refractivity contribution in [2.24, 2.45) is 0 Å². The minimum absolute atomic E-state index is 0.601. The zero-order valence-electron chi connectivity index (χ0n) is 10.9. The number of hydrogen-bond donors (Lipinski definition) is 1. The third-order valence-corrected chi connectivity index (χ3v) is 3.26. The monoisotopic (exact) mass is 327 g/mol. The highest BCUT2D eigenvalue weighted by molar-refractivity contribution is 9.10. The number of halogens is 1. The first-order chi connectivity index (χ1) is 9.31. The normalized spacial score (nSPS) is 14.0. The summed E-state index contributed by atoms with van der Waals surface area (Å²) in [6.45, 7) is 3.60. The van der Waals surface area contributed by atoms with Gasteiger partial charge >= 0.3 is 0 Å². The molecule has 5 heteroatoms. The van der Waals surface area contributed by atoms with E-state index in [1.54, 1.807) is 7.11 Å². The van der Waals surface area contributed by atoms with Crippen LogP contribution in [0, 0.1) is 0 Å². The molecule has 2 rings (SSSR count). The predicted molar refractivity (Wildman–Crippen MR) is 78.9 cm³/mol. The van der Waals surface area contributed by atoms with Crippen molar-refractivity contribution >= 4 is 22.0 Å². The van der Waals surface area contributed by atoms with E-state index in [0.29, 0.717) is 13.2 Å². The average Bonchev–Trinajstić information content (AvgIpc) is 2.43. The smallest absolute Gasteiger partial charge is 0.175 e. The van der Waals surface area contributed by atoms with Crippen molar-refractivity contribution in [2.75, 3.05) is 40.0 Å². The molecule has 0 aliphatic carbocycles. The molecule has 0 saturated heterocycles. The van der Waals surface area contributed by atoms with Crippen LogP contribution < -0.4 is 14.8 Å². The first kappa shape index (κ1) is 14.4. The highest BCUT2D eigenvalue weighted by Crippen LogP contribution is 2.38. The van der Waals surface area contributed by atoms with Gasteiger partial charge in [0.1, 0.15) is 13.2 Å². The predicted octanol–water partition coefficient (Wildman–Crippen LogP) is 2.47. The summed E-state index contributed by atoms with van der Waals surface area (Å²) in [5, 5.41) is 3.25. The van der Waals surface area contributed by atoms with Gasteiger partial charge in [-0.3, -0.25) is 0 Å². The van der Waals surface area contributed by atoms with Crippen LogP contribution in [0.3, 0.4) is 0 Å². The standard InChI is InChI=1S/C14H18BrNO3/c1-17-6-5-16-4-2-3-11-9-12(15)14-13(10-11)18-7-8-19-14/h2-3,9-10,16H,4-8H2,1H3. The van der Waals surface area contributed by atoms with Crippen LogP contribution in [0.1, 0.15) is 5.56 Å². The Balaban J connectivity index is 1.93. The van der Waals surface area contributed by atoms with Gasteiger partial charge in [-0.05, 0) is 33.6 Å². The molecule has 0 saturated carbocycles. The van der Waals surface area contributed by atoms with E-state index in [2.05, 4.69) is 33.4 Å². The number of ether oxygens (including phenoxy) is 3. The van der Waals surface area contributed by atoms with E-state index in [1.807, 2.05) is 12.1 Å². The third-order valence-electron chi connectivity index (χ3n) is 2.67. The van der Waals surface area contributed by atoms with E-state index < -0.39 is 0 Å². The molecule has 0 bridgehead atoms. The van der Waals surface area contributed by atoms with Gasteiger partial charge in [0.05, 0.1) is 11.1 Å². The lowest BCUT2D eigenvalue weighted by Gasteiger charge is -2.19. The Morgan fingerprint density at radius 3 is 3.05 bits per heavy atom. The molecule has 0 unspecified atom stereocenters. The van der Waals surface area contributed by atoms with Crippen molar-refractivity contribution in [3.8, 4) is 11.5 Å². The Labute approximate surface area is 121 Å². The number of methoxy groups -OCH3 is 1. The molecule has 1 aromatic rings. The van der Waals surface area contributed by atoms with E-state index in [0.717, 1.165) is 41.2 Å². The number of benzene rings is 1. The molecule has 0 amide bonds. The second kappa shape index (κ2) is 7.53. The first-order valence-corrected chi connectivity index (χ1v) is 7.06. The van der Waals surface area contributed by atoms with Gasteiger partial charge in [-0.2, -0.15) is 0 Å². The second-order valence-corrected chi connectivity index (χ2v) is 4.98. The van der Waals surface area contributed by atoms with Crippen molar-refractivity contribution < 1.29 is 14.2 Å². The van der Waals surface area contributed by atoms with Crippen LogP contribution in [-0.4, -0.2) is 40.0 Å². The van der Waals surface area contributed by atoms with E-state index in [-0.39, 0.29) is 0 Å². The molecule has 1 heterocycles. The molecule has 4 nitrogen and oxygen atoms in total. The van der Waals surface area contributed by atoms with E-state index in [4.69, 9.17) is 14.2 Å². The van der Waals surface area contributed by atoms with Gasteiger partial charge in [-0.15, -0.1) is 0 Å². The maximum absolute atomic E-state index is 5.58. The Morgan fingerprint density at radius 1 is 1.37 bits per heavy atom. The number of nitrogens with one attached hydrogen (secondary N) is 1. The van der Waals surface area contributed by atoms with Crippen molar-refractivity contribution in [1.29, 1.82) is 0 Å². The lowest BCUT2D eigenvalue weighted by molar-refractivity contribution is 0.170. The van der Waals surface area contributed by atoms with Crippen LogP contribution >= 0.6 is 15.9 Å². The molecule has 0 fully saturated rings. The zero-order chi connectivity index (χ0) is 13.5. The molecule has 1 aromatic carbocycles. The summed E-state index contributed by atoms with van der Waals surface area (Å²) in [6, 6.07) is 4.02. The first-order valence-electron chi connectivity index (χ1n) is 6.26. The molecule has 0 atom stereocenters. The van der Waals surface area contributed by atoms with E-state index in [1.165, 1.54) is 0 Å². The minimum Gasteiger partial charge on any atom is -0.486 e. The molecular weight excluding hydrogens is 310 g/mol. The van der Waals surface area contributed by atoms with Crippen LogP contribution in [0.25, 0.3) is 6.08 Å². The molecule has 104 valence electrons. The molecule has 0 aromatic heterocycles. The summed E-state index contributed by atoms with van der Waals surface area (Å²) in [6.07, 6.45) is 4.14. The number of fused-ring (bicyclic) bond motifs is 1. The summed E-state index contributed by atoms with van der Waals surface area (Å²) < 4.78 is 17.0. The van der Waals surface area contributed by atoms with Crippen molar-refractivity contribution in [1.82, 2.24) is 5.32 Å². The van der Waals surface area contributed by atoms with Crippen LogP contribution in [0.5, 0.6) is 11.5 Å². The molecule has 0 radical (unpaired) electrons. The Kier molecular flexibility index (Phi) is 5.69. The van der Waals surface area contributed by atoms with Crippen LogP contribution in [-0.2, 0) is 4.74 Å². The van der Waals surface area contributed by atoms with Gasteiger partial charge < -0.3 is 19.5 Å². The lowest BCUT2D eigenvalue weighted by Crippen LogP contribution is -2.18. The molecular formula is C14H18BrNO3. The maximum Gasteiger partial charge on any atom is 0.175 e. The molecule has 0 spiro atoms. The van der Waals surface area contributed by atoms with Crippen molar-refractivity contribution in [3.05, 3.63) is 28.2 Å². The zero-order valence-corrected chi connectivity index (χ0v) is 12.5. The average molecular weight is 328 g/mol. The van der Waals surface area contributed by atoms with Gasteiger partial charge in [0.2, 0.25) is 0 Å².